The first-order valence-electron chi connectivity index (χ1n) is 4.64. The Kier molecular flexibility index (Phi) is 7.15. The van der Waals surface area contributed by atoms with Gasteiger partial charge in [-0.05, 0) is 13.8 Å². The van der Waals surface area contributed by atoms with Crippen molar-refractivity contribution in [3.8, 4) is 0 Å². The van der Waals surface area contributed by atoms with Gasteiger partial charge in [-0.15, -0.1) is 11.8 Å². The summed E-state index contributed by atoms with van der Waals surface area (Å²) in [5.41, 5.74) is 0. The highest BCUT2D eigenvalue weighted by Crippen LogP contribution is 2.17. The monoisotopic (exact) mass is 235 g/mol. The lowest BCUT2D eigenvalue weighted by atomic mass is 10.4. The Labute approximate surface area is 93.6 Å². The molecule has 15 heavy (non-hydrogen) atoms. The number of rotatable bonds is 7. The first-order chi connectivity index (χ1) is 6.99. The van der Waals surface area contributed by atoms with Gasteiger partial charge >= 0.3 is 5.97 Å². The summed E-state index contributed by atoms with van der Waals surface area (Å²) in [7, 11) is 1.55. The second-order valence-corrected chi connectivity index (χ2v) is 4.73. The molecule has 0 aromatic heterocycles. The Morgan fingerprint density at radius 3 is 2.47 bits per heavy atom. The van der Waals surface area contributed by atoms with E-state index in [2.05, 4.69) is 5.32 Å². The summed E-state index contributed by atoms with van der Waals surface area (Å²) < 4.78 is 4.78. The summed E-state index contributed by atoms with van der Waals surface area (Å²) in [6, 6.07) is 0. The van der Waals surface area contributed by atoms with Gasteiger partial charge in [-0.3, -0.25) is 9.59 Å². The molecule has 0 bridgehead atoms. The highest BCUT2D eigenvalue weighted by molar-refractivity contribution is 8.01. The van der Waals surface area contributed by atoms with E-state index in [1.165, 1.54) is 0 Å². The van der Waals surface area contributed by atoms with Gasteiger partial charge < -0.3 is 15.2 Å². The molecule has 88 valence electrons. The Hall–Kier alpha value is -0.750. The third kappa shape index (κ3) is 6.35. The van der Waals surface area contributed by atoms with Crippen molar-refractivity contribution in [3.63, 3.8) is 0 Å². The van der Waals surface area contributed by atoms with Crippen molar-refractivity contribution < 1.29 is 19.4 Å². The van der Waals surface area contributed by atoms with Crippen LogP contribution in [0.5, 0.6) is 0 Å². The number of amides is 1. The molecule has 0 aromatic carbocycles. The fraction of sp³-hybridized carbons (Fsp3) is 0.778. The van der Waals surface area contributed by atoms with Gasteiger partial charge in [0.05, 0.1) is 11.9 Å². The minimum atomic E-state index is -0.906. The van der Waals surface area contributed by atoms with Gasteiger partial charge in [0.15, 0.2) is 0 Å². The van der Waals surface area contributed by atoms with Crippen molar-refractivity contribution in [2.45, 2.75) is 24.3 Å². The summed E-state index contributed by atoms with van der Waals surface area (Å²) >= 11 is 1.12. The van der Waals surface area contributed by atoms with Crippen molar-refractivity contribution in [2.75, 3.05) is 20.3 Å². The quantitative estimate of drug-likeness (QED) is 0.622. The lowest BCUT2D eigenvalue weighted by molar-refractivity contribution is -0.136. The standard InChI is InChI=1S/C9H17NO4S/c1-6(15-7(2)9(12)13)8(11)10-4-5-14-3/h6-7H,4-5H2,1-3H3,(H,10,11)(H,12,13). The number of hydrogen-bond acceptors (Lipinski definition) is 4. The van der Waals surface area contributed by atoms with Crippen LogP contribution >= 0.6 is 11.8 Å². The van der Waals surface area contributed by atoms with Gasteiger partial charge in [-0.2, -0.15) is 0 Å². The molecule has 0 rings (SSSR count). The van der Waals surface area contributed by atoms with E-state index in [4.69, 9.17) is 9.84 Å². The molecule has 2 N–H and O–H groups in total. The highest BCUT2D eigenvalue weighted by atomic mass is 32.2. The van der Waals surface area contributed by atoms with E-state index in [-0.39, 0.29) is 11.2 Å². The van der Waals surface area contributed by atoms with Gasteiger partial charge in [0.2, 0.25) is 5.91 Å². The molecular weight excluding hydrogens is 218 g/mol. The van der Waals surface area contributed by atoms with Gasteiger partial charge in [-0.1, -0.05) is 0 Å². The van der Waals surface area contributed by atoms with Crippen LogP contribution in [0.4, 0.5) is 0 Å². The zero-order chi connectivity index (χ0) is 11.8. The number of aliphatic carboxylic acids is 1. The van der Waals surface area contributed by atoms with Crippen molar-refractivity contribution in [1.29, 1.82) is 0 Å². The van der Waals surface area contributed by atoms with E-state index < -0.39 is 11.2 Å². The number of carbonyl (C=O) groups is 2. The molecule has 0 fully saturated rings. The van der Waals surface area contributed by atoms with Crippen LogP contribution in [-0.4, -0.2) is 47.7 Å². The normalized spacial score (nSPS) is 14.3. The third-order valence-corrected chi connectivity index (χ3v) is 2.96. The minimum Gasteiger partial charge on any atom is -0.480 e. The first kappa shape index (κ1) is 14.2. The maximum atomic E-state index is 11.4. The Morgan fingerprint density at radius 1 is 1.40 bits per heavy atom. The molecule has 1 amide bonds. The van der Waals surface area contributed by atoms with Crippen LogP contribution in [0.25, 0.3) is 0 Å². The number of thioether (sulfide) groups is 1. The molecule has 0 saturated carbocycles. The average molecular weight is 235 g/mol. The molecule has 0 aliphatic carbocycles. The fourth-order valence-corrected chi connectivity index (χ4v) is 1.78. The summed E-state index contributed by atoms with van der Waals surface area (Å²) in [5.74, 6) is -1.07. The molecule has 0 saturated heterocycles. The second-order valence-electron chi connectivity index (χ2n) is 3.04. The number of carboxylic acids is 1. The Balaban J connectivity index is 3.83. The topological polar surface area (TPSA) is 75.6 Å². The lowest BCUT2D eigenvalue weighted by Gasteiger charge is -2.13. The van der Waals surface area contributed by atoms with Crippen LogP contribution in [0.15, 0.2) is 0 Å². The predicted molar refractivity (Wildman–Crippen MR) is 59.0 cm³/mol. The van der Waals surface area contributed by atoms with Crippen LogP contribution < -0.4 is 5.32 Å². The minimum absolute atomic E-state index is 0.162. The lowest BCUT2D eigenvalue weighted by Crippen LogP contribution is -2.34. The maximum Gasteiger partial charge on any atom is 0.316 e. The van der Waals surface area contributed by atoms with Crippen molar-refractivity contribution in [3.05, 3.63) is 0 Å². The van der Waals surface area contributed by atoms with E-state index in [0.717, 1.165) is 11.8 Å². The maximum absolute atomic E-state index is 11.4. The van der Waals surface area contributed by atoms with Gasteiger partial charge in [0.25, 0.3) is 0 Å². The van der Waals surface area contributed by atoms with Crippen molar-refractivity contribution in [2.24, 2.45) is 0 Å². The fourth-order valence-electron chi connectivity index (χ4n) is 0.846. The van der Waals surface area contributed by atoms with E-state index in [0.29, 0.717) is 13.2 Å². The predicted octanol–water partition coefficient (Wildman–Crippen LogP) is 0.344. The number of methoxy groups -OCH3 is 1. The molecule has 6 heteroatoms. The molecule has 0 spiro atoms. The zero-order valence-electron chi connectivity index (χ0n) is 9.15. The molecule has 0 aliphatic rings. The number of carboxylic acid groups (broad SMARTS) is 1. The van der Waals surface area contributed by atoms with Gasteiger partial charge in [0.1, 0.15) is 5.25 Å². The average Bonchev–Trinajstić information content (AvgIpc) is 2.17. The molecule has 2 unspecified atom stereocenters. The summed E-state index contributed by atoms with van der Waals surface area (Å²) in [4.78, 5) is 21.9. The number of carbonyl (C=O) groups excluding carboxylic acids is 1. The van der Waals surface area contributed by atoms with Crippen LogP contribution in [0.3, 0.4) is 0 Å². The molecule has 0 aliphatic heterocycles. The first-order valence-corrected chi connectivity index (χ1v) is 5.58. The smallest absolute Gasteiger partial charge is 0.316 e. The summed E-state index contributed by atoms with van der Waals surface area (Å²) in [5, 5.41) is 10.4. The van der Waals surface area contributed by atoms with E-state index in [9.17, 15) is 9.59 Å². The second kappa shape index (κ2) is 7.53. The van der Waals surface area contributed by atoms with Crippen LogP contribution in [-0.2, 0) is 14.3 Å². The number of hydrogen-bond donors (Lipinski definition) is 2. The molecule has 2 atom stereocenters. The zero-order valence-corrected chi connectivity index (χ0v) is 9.97. The highest BCUT2D eigenvalue weighted by Gasteiger charge is 2.20. The van der Waals surface area contributed by atoms with E-state index in [1.54, 1.807) is 21.0 Å². The summed E-state index contributed by atoms with van der Waals surface area (Å²) in [6.45, 7) is 4.15. The van der Waals surface area contributed by atoms with Gasteiger partial charge in [-0.25, -0.2) is 0 Å². The molecule has 5 nitrogen and oxygen atoms in total. The molecular formula is C9H17NO4S. The number of nitrogens with one attached hydrogen (secondary N) is 1. The number of ether oxygens (including phenoxy) is 1. The van der Waals surface area contributed by atoms with Crippen LogP contribution in [0.1, 0.15) is 13.8 Å². The third-order valence-electron chi connectivity index (χ3n) is 1.73. The summed E-state index contributed by atoms with van der Waals surface area (Å²) in [6.07, 6.45) is 0. The molecule has 0 radical (unpaired) electrons. The van der Waals surface area contributed by atoms with E-state index >= 15 is 0 Å². The van der Waals surface area contributed by atoms with Crippen molar-refractivity contribution >= 4 is 23.6 Å². The molecule has 0 heterocycles. The Bertz CT molecular complexity index is 222. The van der Waals surface area contributed by atoms with Crippen LogP contribution in [0.2, 0.25) is 0 Å². The largest absolute Gasteiger partial charge is 0.480 e. The SMILES string of the molecule is COCCNC(=O)C(C)SC(C)C(=O)O. The molecule has 0 aromatic rings. The van der Waals surface area contributed by atoms with E-state index in [1.807, 2.05) is 0 Å². The van der Waals surface area contributed by atoms with Crippen LogP contribution in [0, 0.1) is 0 Å². The van der Waals surface area contributed by atoms with Crippen molar-refractivity contribution in [1.82, 2.24) is 5.32 Å². The van der Waals surface area contributed by atoms with Gasteiger partial charge in [0, 0.05) is 13.7 Å². The Morgan fingerprint density at radius 2 is 2.00 bits per heavy atom.